The second-order valence-electron chi connectivity index (χ2n) is 6.78. The standard InChI is InChI=1S/C17H19Cl2N5/c18-13-7-21-8-14(19)12(13)9-24-5-1-3-17(10-24)4-2-11-6-22-16(20)23-15(11)17/h6-8H,1-5,9-10H2,(H2,20,22,23). The Labute approximate surface area is 151 Å². The number of likely N-dealkylation sites (tertiary alicyclic amines) is 1. The van der Waals surface area contributed by atoms with E-state index in [0.29, 0.717) is 16.0 Å². The normalized spacial score (nSPS) is 23.6. The van der Waals surface area contributed by atoms with Gasteiger partial charge < -0.3 is 5.73 Å². The summed E-state index contributed by atoms with van der Waals surface area (Å²) in [5.74, 6) is 0.368. The number of anilines is 1. The lowest BCUT2D eigenvalue weighted by Gasteiger charge is -2.40. The van der Waals surface area contributed by atoms with Crippen molar-refractivity contribution in [3.8, 4) is 0 Å². The van der Waals surface area contributed by atoms with Crippen LogP contribution in [0.25, 0.3) is 0 Å². The minimum absolute atomic E-state index is 0.0800. The Morgan fingerprint density at radius 1 is 1.17 bits per heavy atom. The van der Waals surface area contributed by atoms with E-state index in [2.05, 4.69) is 19.9 Å². The highest BCUT2D eigenvalue weighted by molar-refractivity contribution is 6.35. The number of piperidine rings is 1. The maximum atomic E-state index is 6.29. The third kappa shape index (κ3) is 2.75. The second-order valence-corrected chi connectivity index (χ2v) is 7.59. The summed E-state index contributed by atoms with van der Waals surface area (Å²) in [6, 6.07) is 0. The van der Waals surface area contributed by atoms with E-state index in [4.69, 9.17) is 28.9 Å². The van der Waals surface area contributed by atoms with Crippen LogP contribution < -0.4 is 5.73 Å². The predicted octanol–water partition coefficient (Wildman–Crippen LogP) is 3.24. The molecule has 1 aliphatic carbocycles. The molecule has 0 amide bonds. The fraction of sp³-hybridized carbons (Fsp3) is 0.471. The quantitative estimate of drug-likeness (QED) is 0.886. The number of halogens is 2. The summed E-state index contributed by atoms with van der Waals surface area (Å²) in [4.78, 5) is 15.2. The van der Waals surface area contributed by atoms with Gasteiger partial charge in [-0.05, 0) is 37.8 Å². The molecule has 0 bridgehead atoms. The number of aryl methyl sites for hydroxylation is 1. The minimum Gasteiger partial charge on any atom is -0.368 e. The van der Waals surface area contributed by atoms with Crippen molar-refractivity contribution < 1.29 is 0 Å². The largest absolute Gasteiger partial charge is 0.368 e. The van der Waals surface area contributed by atoms with Gasteiger partial charge in [-0.25, -0.2) is 9.97 Å². The van der Waals surface area contributed by atoms with Crippen molar-refractivity contribution in [2.24, 2.45) is 0 Å². The minimum atomic E-state index is 0.0800. The number of nitrogen functional groups attached to an aromatic ring is 1. The van der Waals surface area contributed by atoms with Crippen molar-refractivity contribution in [3.05, 3.63) is 45.5 Å². The Kier molecular flexibility index (Phi) is 4.11. The fourth-order valence-electron chi connectivity index (χ4n) is 4.13. The van der Waals surface area contributed by atoms with Crippen LogP contribution in [0.4, 0.5) is 5.95 Å². The molecule has 0 aromatic carbocycles. The molecule has 126 valence electrons. The molecule has 2 aromatic heterocycles. The van der Waals surface area contributed by atoms with Gasteiger partial charge in [-0.1, -0.05) is 23.2 Å². The Morgan fingerprint density at radius 2 is 1.96 bits per heavy atom. The highest BCUT2D eigenvalue weighted by Gasteiger charge is 2.43. The summed E-state index contributed by atoms with van der Waals surface area (Å²) in [5.41, 5.74) is 9.26. The average molecular weight is 364 g/mol. The molecule has 1 aliphatic heterocycles. The Hall–Kier alpha value is -1.43. The van der Waals surface area contributed by atoms with Crippen LogP contribution in [0.3, 0.4) is 0 Å². The number of nitrogens with zero attached hydrogens (tertiary/aromatic N) is 4. The Balaban J connectivity index is 1.61. The molecule has 1 fully saturated rings. The zero-order valence-electron chi connectivity index (χ0n) is 13.3. The molecule has 0 saturated carbocycles. The van der Waals surface area contributed by atoms with Gasteiger partial charge in [0.2, 0.25) is 5.95 Å². The number of aromatic nitrogens is 3. The first kappa shape index (κ1) is 16.1. The molecule has 24 heavy (non-hydrogen) atoms. The molecule has 3 heterocycles. The molecule has 1 saturated heterocycles. The molecular weight excluding hydrogens is 345 g/mol. The van der Waals surface area contributed by atoms with Crippen molar-refractivity contribution >= 4 is 29.2 Å². The third-order valence-electron chi connectivity index (χ3n) is 5.25. The van der Waals surface area contributed by atoms with Gasteiger partial charge in [0.1, 0.15) is 0 Å². The molecule has 2 aromatic rings. The number of fused-ring (bicyclic) bond motifs is 2. The monoisotopic (exact) mass is 363 g/mol. The first-order valence-electron chi connectivity index (χ1n) is 8.19. The molecule has 5 nitrogen and oxygen atoms in total. The van der Waals surface area contributed by atoms with E-state index in [0.717, 1.165) is 56.6 Å². The molecule has 1 unspecified atom stereocenters. The fourth-order valence-corrected chi connectivity index (χ4v) is 4.61. The van der Waals surface area contributed by atoms with Crippen LogP contribution >= 0.6 is 23.2 Å². The summed E-state index contributed by atoms with van der Waals surface area (Å²) in [7, 11) is 0. The van der Waals surface area contributed by atoms with Gasteiger partial charge in [0, 0.05) is 42.7 Å². The number of pyridine rings is 1. The summed E-state index contributed by atoms with van der Waals surface area (Å²) in [6.07, 6.45) is 9.61. The molecule has 2 N–H and O–H groups in total. The molecule has 2 aliphatic rings. The zero-order valence-corrected chi connectivity index (χ0v) is 14.8. The summed E-state index contributed by atoms with van der Waals surface area (Å²) in [6.45, 7) is 2.72. The summed E-state index contributed by atoms with van der Waals surface area (Å²) >= 11 is 12.6. The van der Waals surface area contributed by atoms with Crippen LogP contribution in [0.1, 0.15) is 36.1 Å². The SMILES string of the molecule is Nc1ncc2c(n1)C1(CCCN(Cc3c(Cl)cncc3Cl)C1)CC2. The first-order valence-corrected chi connectivity index (χ1v) is 8.95. The second kappa shape index (κ2) is 6.14. The molecule has 4 rings (SSSR count). The smallest absolute Gasteiger partial charge is 0.220 e. The van der Waals surface area contributed by atoms with E-state index >= 15 is 0 Å². The van der Waals surface area contributed by atoms with Crippen LogP contribution in [0.2, 0.25) is 10.0 Å². The van der Waals surface area contributed by atoms with E-state index in [9.17, 15) is 0 Å². The molecule has 1 atom stereocenters. The van der Waals surface area contributed by atoms with Crippen molar-refractivity contribution in [2.45, 2.75) is 37.6 Å². The maximum absolute atomic E-state index is 6.29. The number of hydrogen-bond donors (Lipinski definition) is 1. The van der Waals surface area contributed by atoms with Gasteiger partial charge in [-0.2, -0.15) is 0 Å². The number of rotatable bonds is 2. The van der Waals surface area contributed by atoms with E-state index in [-0.39, 0.29) is 5.41 Å². The van der Waals surface area contributed by atoms with Gasteiger partial charge in [-0.15, -0.1) is 0 Å². The lowest BCUT2D eigenvalue weighted by Crippen LogP contribution is -2.45. The van der Waals surface area contributed by atoms with Gasteiger partial charge >= 0.3 is 0 Å². The van der Waals surface area contributed by atoms with Crippen LogP contribution in [0, 0.1) is 0 Å². The number of nitrogens with two attached hydrogens (primary N) is 1. The van der Waals surface area contributed by atoms with E-state index in [1.165, 1.54) is 5.56 Å². The van der Waals surface area contributed by atoms with Crippen LogP contribution in [0.15, 0.2) is 18.6 Å². The maximum Gasteiger partial charge on any atom is 0.220 e. The molecule has 0 radical (unpaired) electrons. The highest BCUT2D eigenvalue weighted by Crippen LogP contribution is 2.44. The van der Waals surface area contributed by atoms with E-state index in [1.807, 2.05) is 6.20 Å². The average Bonchev–Trinajstić information content (AvgIpc) is 2.89. The lowest BCUT2D eigenvalue weighted by molar-refractivity contribution is 0.137. The number of hydrogen-bond acceptors (Lipinski definition) is 5. The van der Waals surface area contributed by atoms with E-state index in [1.54, 1.807) is 12.4 Å². The van der Waals surface area contributed by atoms with Crippen LogP contribution in [0.5, 0.6) is 0 Å². The van der Waals surface area contributed by atoms with E-state index < -0.39 is 0 Å². The van der Waals surface area contributed by atoms with Crippen molar-refractivity contribution in [1.82, 2.24) is 19.9 Å². The van der Waals surface area contributed by atoms with Gasteiger partial charge in [0.15, 0.2) is 0 Å². The molecule has 1 spiro atoms. The highest BCUT2D eigenvalue weighted by atomic mass is 35.5. The van der Waals surface area contributed by atoms with Gasteiger partial charge in [-0.3, -0.25) is 9.88 Å². The van der Waals surface area contributed by atoms with Crippen molar-refractivity contribution in [1.29, 1.82) is 0 Å². The van der Waals surface area contributed by atoms with Crippen LogP contribution in [-0.4, -0.2) is 32.9 Å². The van der Waals surface area contributed by atoms with Gasteiger partial charge in [0.05, 0.1) is 15.7 Å². The van der Waals surface area contributed by atoms with Crippen LogP contribution in [-0.2, 0) is 18.4 Å². The molecule has 7 heteroatoms. The predicted molar refractivity (Wildman–Crippen MR) is 95.2 cm³/mol. The Morgan fingerprint density at radius 3 is 2.75 bits per heavy atom. The Bertz CT molecular complexity index is 757. The zero-order chi connectivity index (χ0) is 16.7. The summed E-state index contributed by atoms with van der Waals surface area (Å²) in [5, 5.41) is 1.25. The lowest BCUT2D eigenvalue weighted by atomic mass is 9.77. The van der Waals surface area contributed by atoms with Crippen molar-refractivity contribution in [3.63, 3.8) is 0 Å². The van der Waals surface area contributed by atoms with Crippen molar-refractivity contribution in [2.75, 3.05) is 18.8 Å². The van der Waals surface area contributed by atoms with Gasteiger partial charge in [0.25, 0.3) is 0 Å². The first-order chi connectivity index (χ1) is 11.6. The molecular formula is C17H19Cl2N5. The summed E-state index contributed by atoms with van der Waals surface area (Å²) < 4.78 is 0. The topological polar surface area (TPSA) is 67.9 Å². The third-order valence-corrected chi connectivity index (χ3v) is 5.90.